The van der Waals surface area contributed by atoms with E-state index in [1.807, 2.05) is 58.0 Å². The SMILES string of the molecule is Cc1cc(C)cc(NC(=O)C2(C(=O)Nc3c(C)cccc3C)CC2)c1. The Balaban J connectivity index is 1.77. The zero-order valence-electron chi connectivity index (χ0n) is 15.2. The number of anilines is 2. The van der Waals surface area contributed by atoms with Gasteiger partial charge in [-0.2, -0.15) is 0 Å². The van der Waals surface area contributed by atoms with E-state index in [1.54, 1.807) is 0 Å². The molecule has 3 rings (SSSR count). The van der Waals surface area contributed by atoms with Gasteiger partial charge in [0.15, 0.2) is 0 Å². The molecule has 0 saturated heterocycles. The average Bonchev–Trinajstić information content (AvgIpc) is 3.31. The predicted octanol–water partition coefficient (Wildman–Crippen LogP) is 4.28. The molecule has 0 radical (unpaired) electrons. The van der Waals surface area contributed by atoms with Crippen LogP contribution < -0.4 is 10.6 Å². The topological polar surface area (TPSA) is 58.2 Å². The molecule has 130 valence electrons. The molecule has 2 aromatic carbocycles. The summed E-state index contributed by atoms with van der Waals surface area (Å²) in [7, 11) is 0. The summed E-state index contributed by atoms with van der Waals surface area (Å²) in [5.41, 5.74) is 4.76. The molecule has 0 heterocycles. The molecule has 0 unspecified atom stereocenters. The monoisotopic (exact) mass is 336 g/mol. The van der Waals surface area contributed by atoms with Gasteiger partial charge < -0.3 is 10.6 Å². The summed E-state index contributed by atoms with van der Waals surface area (Å²) in [5.74, 6) is -0.437. The van der Waals surface area contributed by atoms with Gasteiger partial charge in [-0.3, -0.25) is 9.59 Å². The summed E-state index contributed by atoms with van der Waals surface area (Å²) in [4.78, 5) is 25.5. The molecule has 1 aliphatic rings. The highest BCUT2D eigenvalue weighted by atomic mass is 16.2. The van der Waals surface area contributed by atoms with Crippen LogP contribution in [0.3, 0.4) is 0 Å². The van der Waals surface area contributed by atoms with Crippen molar-refractivity contribution in [1.29, 1.82) is 0 Å². The van der Waals surface area contributed by atoms with Crippen molar-refractivity contribution in [1.82, 2.24) is 0 Å². The van der Waals surface area contributed by atoms with E-state index in [1.165, 1.54) is 0 Å². The van der Waals surface area contributed by atoms with Crippen molar-refractivity contribution in [3.8, 4) is 0 Å². The summed E-state index contributed by atoms with van der Waals surface area (Å²) in [6.07, 6.45) is 1.17. The van der Waals surface area contributed by atoms with E-state index >= 15 is 0 Å². The van der Waals surface area contributed by atoms with Crippen molar-refractivity contribution < 1.29 is 9.59 Å². The lowest BCUT2D eigenvalue weighted by molar-refractivity contribution is -0.131. The van der Waals surface area contributed by atoms with Crippen LogP contribution in [-0.2, 0) is 9.59 Å². The van der Waals surface area contributed by atoms with E-state index in [0.717, 1.165) is 33.6 Å². The van der Waals surface area contributed by atoms with Gasteiger partial charge in [0.1, 0.15) is 5.41 Å². The number of hydrogen-bond donors (Lipinski definition) is 2. The molecule has 2 aromatic rings. The second-order valence-corrected chi connectivity index (χ2v) is 7.13. The number of hydrogen-bond acceptors (Lipinski definition) is 2. The Labute approximate surface area is 148 Å². The number of benzene rings is 2. The molecule has 0 aliphatic heterocycles. The molecule has 1 fully saturated rings. The van der Waals surface area contributed by atoms with Crippen LogP contribution in [0.5, 0.6) is 0 Å². The highest BCUT2D eigenvalue weighted by molar-refractivity contribution is 6.17. The Morgan fingerprint density at radius 2 is 1.36 bits per heavy atom. The van der Waals surface area contributed by atoms with E-state index in [0.29, 0.717) is 12.8 Å². The number of aryl methyl sites for hydroxylation is 4. The van der Waals surface area contributed by atoms with Crippen LogP contribution >= 0.6 is 0 Å². The molecular weight excluding hydrogens is 312 g/mol. The van der Waals surface area contributed by atoms with Crippen molar-refractivity contribution in [3.05, 3.63) is 58.7 Å². The van der Waals surface area contributed by atoms with Crippen molar-refractivity contribution in [2.45, 2.75) is 40.5 Å². The third-order valence-electron chi connectivity index (χ3n) is 4.82. The standard InChI is InChI=1S/C21H24N2O2/c1-13-10-14(2)12-17(11-13)22-19(24)21(8-9-21)20(25)23-18-15(3)6-5-7-16(18)4/h5-7,10-12H,8-9H2,1-4H3,(H,22,24)(H,23,25). The molecule has 0 spiro atoms. The van der Waals surface area contributed by atoms with E-state index in [4.69, 9.17) is 0 Å². The number of carbonyl (C=O) groups is 2. The van der Waals surface area contributed by atoms with Gasteiger partial charge in [0.2, 0.25) is 11.8 Å². The van der Waals surface area contributed by atoms with Crippen LogP contribution in [0.2, 0.25) is 0 Å². The Morgan fingerprint density at radius 3 is 1.88 bits per heavy atom. The summed E-state index contributed by atoms with van der Waals surface area (Å²) >= 11 is 0. The minimum Gasteiger partial charge on any atom is -0.325 e. The number of carbonyl (C=O) groups excluding carboxylic acids is 2. The minimum atomic E-state index is -0.952. The number of rotatable bonds is 4. The van der Waals surface area contributed by atoms with E-state index in [9.17, 15) is 9.59 Å². The number of nitrogens with one attached hydrogen (secondary N) is 2. The molecule has 4 nitrogen and oxygen atoms in total. The first kappa shape index (κ1) is 17.2. The van der Waals surface area contributed by atoms with Gasteiger partial charge in [0, 0.05) is 11.4 Å². The van der Waals surface area contributed by atoms with Crippen LogP contribution in [0.15, 0.2) is 36.4 Å². The van der Waals surface area contributed by atoms with Gasteiger partial charge in [-0.15, -0.1) is 0 Å². The second-order valence-electron chi connectivity index (χ2n) is 7.13. The van der Waals surface area contributed by atoms with Crippen LogP contribution in [-0.4, -0.2) is 11.8 Å². The van der Waals surface area contributed by atoms with Crippen LogP contribution in [0.25, 0.3) is 0 Å². The lowest BCUT2D eigenvalue weighted by atomic mass is 10.0. The fourth-order valence-corrected chi connectivity index (χ4v) is 3.22. The largest absolute Gasteiger partial charge is 0.325 e. The first-order chi connectivity index (χ1) is 11.8. The Morgan fingerprint density at radius 1 is 0.840 bits per heavy atom. The van der Waals surface area contributed by atoms with Crippen molar-refractivity contribution in [2.24, 2.45) is 5.41 Å². The molecule has 0 atom stereocenters. The molecular formula is C21H24N2O2. The minimum absolute atomic E-state index is 0.216. The van der Waals surface area contributed by atoms with Crippen LogP contribution in [0.1, 0.15) is 35.1 Å². The fourth-order valence-electron chi connectivity index (χ4n) is 3.22. The van der Waals surface area contributed by atoms with Crippen LogP contribution in [0.4, 0.5) is 11.4 Å². The van der Waals surface area contributed by atoms with Gasteiger partial charge >= 0.3 is 0 Å². The normalized spacial score (nSPS) is 14.7. The van der Waals surface area contributed by atoms with Crippen molar-refractivity contribution in [3.63, 3.8) is 0 Å². The maximum absolute atomic E-state index is 12.8. The quantitative estimate of drug-likeness (QED) is 0.819. The fraction of sp³-hybridized carbons (Fsp3) is 0.333. The molecule has 1 aliphatic carbocycles. The van der Waals surface area contributed by atoms with Gasteiger partial charge in [0.25, 0.3) is 0 Å². The summed E-state index contributed by atoms with van der Waals surface area (Å²) < 4.78 is 0. The smallest absolute Gasteiger partial charge is 0.240 e. The second kappa shape index (κ2) is 6.36. The number of para-hydroxylation sites is 1. The highest BCUT2D eigenvalue weighted by Gasteiger charge is 2.56. The third kappa shape index (κ3) is 3.43. The van der Waals surface area contributed by atoms with Gasteiger partial charge in [0.05, 0.1) is 0 Å². The molecule has 0 bridgehead atoms. The average molecular weight is 336 g/mol. The molecule has 0 aromatic heterocycles. The zero-order valence-corrected chi connectivity index (χ0v) is 15.2. The van der Waals surface area contributed by atoms with Gasteiger partial charge in [-0.25, -0.2) is 0 Å². The molecule has 2 amide bonds. The maximum Gasteiger partial charge on any atom is 0.240 e. The van der Waals surface area contributed by atoms with Crippen molar-refractivity contribution >= 4 is 23.2 Å². The van der Waals surface area contributed by atoms with E-state index in [2.05, 4.69) is 16.7 Å². The first-order valence-electron chi connectivity index (χ1n) is 8.59. The lowest BCUT2D eigenvalue weighted by Crippen LogP contribution is -2.36. The molecule has 4 heteroatoms. The lowest BCUT2D eigenvalue weighted by Gasteiger charge is -2.18. The predicted molar refractivity (Wildman–Crippen MR) is 101 cm³/mol. The first-order valence-corrected chi connectivity index (χ1v) is 8.59. The molecule has 25 heavy (non-hydrogen) atoms. The van der Waals surface area contributed by atoms with Gasteiger partial charge in [-0.05, 0) is 74.9 Å². The molecule has 2 N–H and O–H groups in total. The van der Waals surface area contributed by atoms with Gasteiger partial charge in [-0.1, -0.05) is 24.3 Å². The Hall–Kier alpha value is -2.62. The summed E-state index contributed by atoms with van der Waals surface area (Å²) in [5, 5.41) is 5.89. The summed E-state index contributed by atoms with van der Waals surface area (Å²) in [6.45, 7) is 7.89. The Kier molecular flexibility index (Phi) is 4.38. The summed E-state index contributed by atoms with van der Waals surface area (Å²) in [6, 6.07) is 11.8. The van der Waals surface area contributed by atoms with E-state index in [-0.39, 0.29) is 11.8 Å². The van der Waals surface area contributed by atoms with Crippen LogP contribution in [0, 0.1) is 33.1 Å². The maximum atomic E-state index is 12.8. The number of amides is 2. The highest BCUT2D eigenvalue weighted by Crippen LogP contribution is 2.47. The third-order valence-corrected chi connectivity index (χ3v) is 4.82. The van der Waals surface area contributed by atoms with E-state index < -0.39 is 5.41 Å². The Bertz CT molecular complexity index is 810. The van der Waals surface area contributed by atoms with Crippen molar-refractivity contribution in [2.75, 3.05) is 10.6 Å². The molecule has 1 saturated carbocycles. The zero-order chi connectivity index (χ0) is 18.2.